The molecule has 2 N–H and O–H groups in total. The number of para-hydroxylation sites is 1. The molecule has 2 aromatic heterocycles. The molecular formula is C21H21N3O3. The molecule has 0 aliphatic carbocycles. The van der Waals surface area contributed by atoms with Crippen molar-refractivity contribution in [1.82, 2.24) is 15.5 Å². The second-order valence-electron chi connectivity index (χ2n) is 6.21. The number of hydrogen-bond acceptors (Lipinski definition) is 5. The summed E-state index contributed by atoms with van der Waals surface area (Å²) in [5, 5.41) is 11.7. The molecule has 0 aliphatic heterocycles. The topological polar surface area (TPSA) is 72.3 Å². The van der Waals surface area contributed by atoms with Gasteiger partial charge in [-0.25, -0.2) is 0 Å². The summed E-state index contributed by atoms with van der Waals surface area (Å²) in [4.78, 5) is 0. The van der Waals surface area contributed by atoms with E-state index in [9.17, 15) is 0 Å². The average molecular weight is 363 g/mol. The zero-order valence-corrected chi connectivity index (χ0v) is 15.3. The van der Waals surface area contributed by atoms with Gasteiger partial charge in [-0.3, -0.25) is 5.10 Å². The molecule has 6 nitrogen and oxygen atoms in total. The summed E-state index contributed by atoms with van der Waals surface area (Å²) in [5.74, 6) is 2.24. The second kappa shape index (κ2) is 7.55. The maximum absolute atomic E-state index is 5.94. The normalized spacial score (nSPS) is 11.0. The van der Waals surface area contributed by atoms with Gasteiger partial charge in [-0.15, -0.1) is 0 Å². The molecule has 6 heteroatoms. The van der Waals surface area contributed by atoms with E-state index in [1.807, 2.05) is 54.7 Å². The highest BCUT2D eigenvalue weighted by Crippen LogP contribution is 2.29. The van der Waals surface area contributed by atoms with Crippen molar-refractivity contribution in [2.75, 3.05) is 14.2 Å². The number of benzene rings is 2. The third kappa shape index (κ3) is 3.52. The van der Waals surface area contributed by atoms with Gasteiger partial charge in [0.15, 0.2) is 17.3 Å². The number of hydrogen-bond donors (Lipinski definition) is 2. The Hall–Kier alpha value is -3.25. The summed E-state index contributed by atoms with van der Waals surface area (Å²) in [6.07, 6.45) is 1.82. The Morgan fingerprint density at radius 3 is 2.67 bits per heavy atom. The Morgan fingerprint density at radius 1 is 1.00 bits per heavy atom. The van der Waals surface area contributed by atoms with Gasteiger partial charge in [0.25, 0.3) is 0 Å². The van der Waals surface area contributed by atoms with Gasteiger partial charge >= 0.3 is 0 Å². The van der Waals surface area contributed by atoms with Gasteiger partial charge in [0.05, 0.1) is 20.4 Å². The van der Waals surface area contributed by atoms with Crippen LogP contribution in [0.4, 0.5) is 0 Å². The van der Waals surface area contributed by atoms with Crippen LogP contribution in [-0.2, 0) is 13.1 Å². The first-order chi connectivity index (χ1) is 13.3. The zero-order chi connectivity index (χ0) is 18.6. The highest BCUT2D eigenvalue weighted by atomic mass is 16.5. The Labute approximate surface area is 157 Å². The Kier molecular flexibility index (Phi) is 4.80. The van der Waals surface area contributed by atoms with Crippen molar-refractivity contribution in [3.05, 3.63) is 65.9 Å². The monoisotopic (exact) mass is 363 g/mol. The minimum Gasteiger partial charge on any atom is -0.493 e. The third-order valence-corrected chi connectivity index (χ3v) is 4.48. The van der Waals surface area contributed by atoms with Crippen LogP contribution in [0.25, 0.3) is 22.4 Å². The smallest absolute Gasteiger partial charge is 0.161 e. The number of aromatic amines is 1. The van der Waals surface area contributed by atoms with E-state index in [0.717, 1.165) is 45.0 Å². The van der Waals surface area contributed by atoms with Crippen LogP contribution in [0, 0.1) is 0 Å². The molecule has 0 saturated carbocycles. The number of furan rings is 1. The predicted octanol–water partition coefficient (Wildman–Crippen LogP) is 4.13. The first kappa shape index (κ1) is 17.2. The number of rotatable bonds is 7. The van der Waals surface area contributed by atoms with Crippen molar-refractivity contribution < 1.29 is 13.9 Å². The summed E-state index contributed by atoms with van der Waals surface area (Å²) in [6.45, 7) is 1.36. The Morgan fingerprint density at radius 2 is 1.85 bits per heavy atom. The van der Waals surface area contributed by atoms with Gasteiger partial charge in [-0.1, -0.05) is 24.3 Å². The van der Waals surface area contributed by atoms with E-state index in [4.69, 9.17) is 13.9 Å². The molecule has 0 fully saturated rings. The number of ether oxygens (including phenoxy) is 2. The molecule has 0 bridgehead atoms. The molecule has 0 unspecified atom stereocenters. The van der Waals surface area contributed by atoms with E-state index in [1.165, 1.54) is 0 Å². The van der Waals surface area contributed by atoms with Crippen LogP contribution in [0.3, 0.4) is 0 Å². The lowest BCUT2D eigenvalue weighted by Crippen LogP contribution is -2.13. The number of H-pyrrole nitrogens is 1. The van der Waals surface area contributed by atoms with Crippen molar-refractivity contribution in [2.45, 2.75) is 13.1 Å². The Bertz CT molecular complexity index is 1020. The van der Waals surface area contributed by atoms with Crippen molar-refractivity contribution in [3.8, 4) is 23.0 Å². The third-order valence-electron chi connectivity index (χ3n) is 4.48. The Balaban J connectivity index is 1.46. The number of methoxy groups -OCH3 is 2. The number of aromatic nitrogens is 2. The molecule has 2 aromatic carbocycles. The van der Waals surface area contributed by atoms with Crippen LogP contribution in [0.2, 0.25) is 0 Å². The van der Waals surface area contributed by atoms with Gasteiger partial charge in [0, 0.05) is 24.0 Å². The first-order valence-corrected chi connectivity index (χ1v) is 8.71. The van der Waals surface area contributed by atoms with Crippen LogP contribution in [0.5, 0.6) is 11.5 Å². The lowest BCUT2D eigenvalue weighted by Gasteiger charge is -2.10. The number of fused-ring (bicyclic) bond motifs is 1. The summed E-state index contributed by atoms with van der Waals surface area (Å²) >= 11 is 0. The van der Waals surface area contributed by atoms with Gasteiger partial charge in [-0.2, -0.15) is 5.10 Å². The molecule has 0 aliphatic rings. The highest BCUT2D eigenvalue weighted by Gasteiger charge is 2.12. The number of nitrogens with zero attached hydrogens (tertiary/aromatic N) is 1. The van der Waals surface area contributed by atoms with Gasteiger partial charge in [0.2, 0.25) is 0 Å². The van der Waals surface area contributed by atoms with Crippen molar-refractivity contribution in [1.29, 1.82) is 0 Å². The fourth-order valence-electron chi connectivity index (χ4n) is 3.10. The van der Waals surface area contributed by atoms with Gasteiger partial charge in [-0.05, 0) is 29.8 Å². The molecule has 4 rings (SSSR count). The van der Waals surface area contributed by atoms with Crippen molar-refractivity contribution in [3.63, 3.8) is 0 Å². The fraction of sp³-hybridized carbons (Fsp3) is 0.190. The maximum atomic E-state index is 5.94. The molecule has 0 spiro atoms. The zero-order valence-electron chi connectivity index (χ0n) is 15.3. The molecule has 138 valence electrons. The lowest BCUT2D eigenvalue weighted by molar-refractivity contribution is 0.354. The minimum absolute atomic E-state index is 0.664. The molecule has 0 atom stereocenters. The van der Waals surface area contributed by atoms with Crippen LogP contribution in [0.1, 0.15) is 11.1 Å². The van der Waals surface area contributed by atoms with E-state index >= 15 is 0 Å². The predicted molar refractivity (Wildman–Crippen MR) is 104 cm³/mol. The molecule has 0 amide bonds. The molecular weight excluding hydrogens is 342 g/mol. The quantitative estimate of drug-likeness (QED) is 0.516. The molecule has 0 saturated heterocycles. The minimum atomic E-state index is 0.664. The SMILES string of the molecule is COc1ccc(CNCc2cn[nH]c2-c2cc3ccccc3o2)cc1OC. The van der Waals surface area contributed by atoms with Crippen LogP contribution in [-0.4, -0.2) is 24.4 Å². The standard InChI is InChI=1S/C21H21N3O3/c1-25-18-8-7-14(9-19(18)26-2)11-22-12-16-13-23-24-21(16)20-10-15-5-3-4-6-17(15)27-20/h3-10,13,22H,11-12H2,1-2H3,(H,23,24). The average Bonchev–Trinajstić information content (AvgIpc) is 3.34. The highest BCUT2D eigenvalue weighted by molar-refractivity contribution is 5.82. The molecule has 4 aromatic rings. The van der Waals surface area contributed by atoms with Crippen molar-refractivity contribution >= 4 is 11.0 Å². The molecule has 27 heavy (non-hydrogen) atoms. The fourth-order valence-corrected chi connectivity index (χ4v) is 3.10. The summed E-state index contributed by atoms with van der Waals surface area (Å²) in [6, 6.07) is 15.9. The number of nitrogens with one attached hydrogen (secondary N) is 2. The second-order valence-corrected chi connectivity index (χ2v) is 6.21. The summed E-state index contributed by atoms with van der Waals surface area (Å²) in [5.41, 5.74) is 3.92. The van der Waals surface area contributed by atoms with E-state index in [0.29, 0.717) is 13.1 Å². The summed E-state index contributed by atoms with van der Waals surface area (Å²) < 4.78 is 16.6. The van der Waals surface area contributed by atoms with Crippen molar-refractivity contribution in [2.24, 2.45) is 0 Å². The van der Waals surface area contributed by atoms with E-state index in [2.05, 4.69) is 15.5 Å². The van der Waals surface area contributed by atoms with Crippen LogP contribution in [0.15, 0.2) is 59.1 Å². The largest absolute Gasteiger partial charge is 0.493 e. The van der Waals surface area contributed by atoms with E-state index in [1.54, 1.807) is 14.2 Å². The molecule has 0 radical (unpaired) electrons. The van der Waals surface area contributed by atoms with E-state index < -0.39 is 0 Å². The van der Waals surface area contributed by atoms with Gasteiger partial charge < -0.3 is 19.2 Å². The van der Waals surface area contributed by atoms with Crippen LogP contribution >= 0.6 is 0 Å². The lowest BCUT2D eigenvalue weighted by atomic mass is 10.1. The maximum Gasteiger partial charge on any atom is 0.161 e. The van der Waals surface area contributed by atoms with E-state index in [-0.39, 0.29) is 0 Å². The van der Waals surface area contributed by atoms with Gasteiger partial charge in [0.1, 0.15) is 11.3 Å². The first-order valence-electron chi connectivity index (χ1n) is 8.71. The molecule has 2 heterocycles. The summed E-state index contributed by atoms with van der Waals surface area (Å²) in [7, 11) is 3.27. The van der Waals surface area contributed by atoms with Crippen LogP contribution < -0.4 is 14.8 Å².